The first-order valence-corrected chi connectivity index (χ1v) is 22.8. The number of phosphoric ester groups is 1. The quantitative estimate of drug-likeness (QED) is 0.0421. The van der Waals surface area contributed by atoms with Crippen molar-refractivity contribution in [1.82, 2.24) is 10.6 Å². The number of anilines is 1. The molecule has 0 spiro atoms. The van der Waals surface area contributed by atoms with E-state index in [-0.39, 0.29) is 13.0 Å². The van der Waals surface area contributed by atoms with Crippen molar-refractivity contribution in [1.29, 1.82) is 0 Å². The van der Waals surface area contributed by atoms with Crippen LogP contribution in [0.2, 0.25) is 5.02 Å². The molecule has 0 radical (unpaired) electrons. The highest BCUT2D eigenvalue weighted by Gasteiger charge is 2.55. The summed E-state index contributed by atoms with van der Waals surface area (Å²) in [5, 5.41) is 49.0. The van der Waals surface area contributed by atoms with Gasteiger partial charge in [-0.3, -0.25) is 18.6 Å². The zero-order chi connectivity index (χ0) is 49.0. The molecular formula is C40H54ClF6N4O14P. The van der Waals surface area contributed by atoms with Gasteiger partial charge in [0.25, 0.3) is 5.91 Å². The second-order valence-electron chi connectivity index (χ2n) is 15.6. The summed E-state index contributed by atoms with van der Waals surface area (Å²) in [6, 6.07) is -0.392. The van der Waals surface area contributed by atoms with Crippen LogP contribution in [0.25, 0.3) is 0 Å². The second-order valence-corrected chi connectivity index (χ2v) is 17.4. The lowest BCUT2D eigenvalue weighted by atomic mass is 9.94. The number of nitrogens with one attached hydrogen (secondary N) is 3. The number of benzene rings is 2. The first-order chi connectivity index (χ1) is 31.0. The van der Waals surface area contributed by atoms with E-state index >= 15 is 0 Å². The SMILES string of the molecule is CCCCCCCCCCCCOP(=O)(O)OC1OC(C(N)=O)C(O)C(NC(=O)Nc2ccc(Cl)c(C(F)(F)F)c2)C1OC1OC(CO)C(O)C(O)C1NC(=O)c1cccc(C(F)(F)F)c1. The van der Waals surface area contributed by atoms with Gasteiger partial charge in [-0.25, -0.2) is 9.36 Å². The van der Waals surface area contributed by atoms with E-state index in [1.54, 1.807) is 0 Å². The Bertz CT molecular complexity index is 1970. The number of carbonyl (C=O) groups excluding carboxylic acids is 3. The number of phosphoric acid groups is 1. The highest BCUT2D eigenvalue weighted by atomic mass is 35.5. The molecule has 26 heteroatoms. The minimum absolute atomic E-state index is 0.273. The van der Waals surface area contributed by atoms with Gasteiger partial charge in [0.05, 0.1) is 35.4 Å². The maximum atomic E-state index is 13.6. The molecule has 4 amide bonds. The number of nitrogens with two attached hydrogens (primary N) is 1. The van der Waals surface area contributed by atoms with Gasteiger partial charge in [0.15, 0.2) is 18.7 Å². The summed E-state index contributed by atoms with van der Waals surface area (Å²) in [6.07, 6.45) is -18.1. The molecule has 2 aromatic carbocycles. The number of ether oxygens (including phenoxy) is 3. The number of amides is 4. The fraction of sp³-hybridized carbons (Fsp3) is 0.625. The largest absolute Gasteiger partial charge is 0.474 e. The summed E-state index contributed by atoms with van der Waals surface area (Å²) in [7, 11) is -5.30. The molecule has 2 aromatic rings. The number of alkyl halides is 6. The topological polar surface area (TPSA) is 278 Å². The minimum Gasteiger partial charge on any atom is -0.394 e. The van der Waals surface area contributed by atoms with Crippen LogP contribution in [0, 0.1) is 0 Å². The molecule has 11 unspecified atom stereocenters. The summed E-state index contributed by atoms with van der Waals surface area (Å²) in [4.78, 5) is 50.3. The van der Waals surface area contributed by atoms with Crippen molar-refractivity contribution < 1.29 is 93.9 Å². The Kier molecular flexibility index (Phi) is 20.5. The fourth-order valence-electron chi connectivity index (χ4n) is 7.14. The fourth-order valence-corrected chi connectivity index (χ4v) is 8.22. The third-order valence-corrected chi connectivity index (χ3v) is 11.9. The number of aliphatic hydroxyl groups excluding tert-OH is 4. The van der Waals surface area contributed by atoms with Crippen molar-refractivity contribution in [2.75, 3.05) is 18.5 Å². The molecule has 11 atom stereocenters. The van der Waals surface area contributed by atoms with Gasteiger partial charge in [0, 0.05) is 11.3 Å². The van der Waals surface area contributed by atoms with Crippen molar-refractivity contribution in [2.45, 2.75) is 145 Å². The average Bonchev–Trinajstić information content (AvgIpc) is 3.24. The first kappa shape index (κ1) is 55.0. The Labute approximate surface area is 380 Å². The van der Waals surface area contributed by atoms with E-state index in [0.29, 0.717) is 24.6 Å². The standard InChI is InChI=1S/C40H54ClF6N4O14P/c1-2-3-4-5-6-7-8-9-10-11-17-61-66(59,60)65-37-32(27(31(55)33(64-37)34(48)56)51-38(58)49-23-15-16-25(41)24(19-23)40(45,46)47)63-36-28(30(54)29(53)26(20-52)62-36)50-35(57)21-13-12-14-22(18-21)39(42,43)44/h12-16,18-19,26-33,36-37,52-55H,2-11,17,20H2,1H3,(H2,48,56)(H,50,57)(H,59,60)(H2,49,51,58). The number of rotatable bonds is 22. The number of urea groups is 1. The van der Waals surface area contributed by atoms with Crippen LogP contribution in [0.15, 0.2) is 42.5 Å². The predicted molar refractivity (Wildman–Crippen MR) is 220 cm³/mol. The molecule has 0 aromatic heterocycles. The number of primary amides is 1. The van der Waals surface area contributed by atoms with Crippen LogP contribution in [-0.2, 0) is 45.0 Å². The van der Waals surface area contributed by atoms with Crippen LogP contribution in [0.4, 0.5) is 36.8 Å². The molecule has 4 rings (SSSR count). The lowest BCUT2D eigenvalue weighted by Crippen LogP contribution is -2.70. The van der Waals surface area contributed by atoms with E-state index in [4.69, 9.17) is 40.6 Å². The molecule has 0 saturated carbocycles. The monoisotopic (exact) mass is 994 g/mol. The molecule has 66 heavy (non-hydrogen) atoms. The Balaban J connectivity index is 1.66. The molecule has 2 aliphatic heterocycles. The Morgan fingerprint density at radius 1 is 0.818 bits per heavy atom. The van der Waals surface area contributed by atoms with E-state index in [9.17, 15) is 70.6 Å². The van der Waals surface area contributed by atoms with Crippen LogP contribution in [0.3, 0.4) is 0 Å². The van der Waals surface area contributed by atoms with Crippen molar-refractivity contribution in [2.24, 2.45) is 5.73 Å². The number of hydrogen-bond acceptors (Lipinski definition) is 13. The summed E-state index contributed by atoms with van der Waals surface area (Å²) < 4.78 is 122. The van der Waals surface area contributed by atoms with E-state index in [1.807, 2.05) is 0 Å². The third kappa shape index (κ3) is 15.7. The van der Waals surface area contributed by atoms with Gasteiger partial charge in [0.2, 0.25) is 5.91 Å². The second kappa shape index (κ2) is 24.6. The number of carbonyl (C=O) groups is 3. The normalized spacial score (nSPS) is 26.9. The molecule has 0 aliphatic carbocycles. The zero-order valence-electron chi connectivity index (χ0n) is 35.4. The molecule has 372 valence electrons. The first-order valence-electron chi connectivity index (χ1n) is 21.0. The molecule has 2 heterocycles. The van der Waals surface area contributed by atoms with Crippen LogP contribution in [-0.4, -0.2) is 118 Å². The van der Waals surface area contributed by atoms with E-state index < -0.39 is 133 Å². The Morgan fingerprint density at radius 3 is 2.05 bits per heavy atom. The third-order valence-electron chi connectivity index (χ3n) is 10.6. The number of unbranched alkanes of at least 4 members (excludes halogenated alkanes) is 9. The van der Waals surface area contributed by atoms with Crippen molar-refractivity contribution in [3.05, 3.63) is 64.2 Å². The number of halogens is 7. The van der Waals surface area contributed by atoms with Crippen LogP contribution in [0.1, 0.15) is 92.6 Å². The van der Waals surface area contributed by atoms with Crippen molar-refractivity contribution in [3.8, 4) is 0 Å². The van der Waals surface area contributed by atoms with Gasteiger partial charge < -0.3 is 61.2 Å². The summed E-state index contributed by atoms with van der Waals surface area (Å²) in [6.45, 7) is 0.711. The maximum Gasteiger partial charge on any atom is 0.474 e. The average molecular weight is 995 g/mol. The molecule has 18 nitrogen and oxygen atoms in total. The number of aliphatic hydroxyl groups is 4. The van der Waals surface area contributed by atoms with Crippen LogP contribution >= 0.6 is 19.4 Å². The molecule has 2 aliphatic rings. The van der Waals surface area contributed by atoms with E-state index in [0.717, 1.165) is 75.6 Å². The highest BCUT2D eigenvalue weighted by Crippen LogP contribution is 2.47. The van der Waals surface area contributed by atoms with Crippen LogP contribution in [0.5, 0.6) is 0 Å². The van der Waals surface area contributed by atoms with Gasteiger partial charge >= 0.3 is 26.2 Å². The molecule has 10 N–H and O–H groups in total. The Morgan fingerprint density at radius 2 is 1.45 bits per heavy atom. The molecule has 0 bridgehead atoms. The Hall–Kier alpha value is -3.65. The lowest BCUT2D eigenvalue weighted by Gasteiger charge is -2.48. The van der Waals surface area contributed by atoms with Gasteiger partial charge in [-0.05, 0) is 42.8 Å². The van der Waals surface area contributed by atoms with Crippen molar-refractivity contribution in [3.63, 3.8) is 0 Å². The van der Waals surface area contributed by atoms with Gasteiger partial charge in [0.1, 0.15) is 36.6 Å². The smallest absolute Gasteiger partial charge is 0.394 e. The zero-order valence-corrected chi connectivity index (χ0v) is 37.0. The van der Waals surface area contributed by atoms with Gasteiger partial charge in [-0.15, -0.1) is 0 Å². The summed E-state index contributed by atoms with van der Waals surface area (Å²) in [5.74, 6) is -2.76. The van der Waals surface area contributed by atoms with E-state index in [1.165, 1.54) is 0 Å². The van der Waals surface area contributed by atoms with Gasteiger partial charge in [-0.1, -0.05) is 82.4 Å². The highest BCUT2D eigenvalue weighted by molar-refractivity contribution is 7.47. The van der Waals surface area contributed by atoms with Gasteiger partial charge in [-0.2, -0.15) is 26.3 Å². The van der Waals surface area contributed by atoms with E-state index in [2.05, 4.69) is 22.9 Å². The minimum atomic E-state index is -5.30. The van der Waals surface area contributed by atoms with Crippen molar-refractivity contribution >= 4 is 43.0 Å². The predicted octanol–water partition coefficient (Wildman–Crippen LogP) is 5.12. The summed E-state index contributed by atoms with van der Waals surface area (Å²) >= 11 is 5.69. The molecule has 2 fully saturated rings. The lowest BCUT2D eigenvalue weighted by molar-refractivity contribution is -0.325. The number of hydrogen-bond donors (Lipinski definition) is 9. The molecular weight excluding hydrogens is 941 g/mol. The maximum absolute atomic E-state index is 13.6. The molecule has 2 saturated heterocycles. The van der Waals surface area contributed by atoms with Crippen LogP contribution < -0.4 is 21.7 Å². The summed E-state index contributed by atoms with van der Waals surface area (Å²) in [5.41, 5.74) is 1.72.